The predicted octanol–water partition coefficient (Wildman–Crippen LogP) is 1.20. The maximum Gasteiger partial charge on any atom is 0.306 e. The fraction of sp³-hybridized carbons (Fsp3) is 0.500. The average molecular weight is 350 g/mol. The third kappa shape index (κ3) is 8.19. The van der Waals surface area contributed by atoms with Crippen LogP contribution in [-0.4, -0.2) is 44.1 Å². The Balaban J connectivity index is 2.25. The normalized spacial score (nSPS) is 11.3. The Hall–Kier alpha value is -2.57. The molecular weight excluding hydrogens is 324 g/mol. The SMILES string of the molecule is CCCNC(=O)[C@H](C)NC(=O)COC(=O)CCc1ccc(OC)cc1. The highest BCUT2D eigenvalue weighted by Gasteiger charge is 2.16. The molecule has 2 N–H and O–H groups in total. The van der Waals surface area contributed by atoms with Crippen LogP contribution in [0.1, 0.15) is 32.3 Å². The third-order valence-electron chi connectivity index (χ3n) is 3.46. The highest BCUT2D eigenvalue weighted by Crippen LogP contribution is 2.12. The van der Waals surface area contributed by atoms with Gasteiger partial charge in [0.2, 0.25) is 5.91 Å². The third-order valence-corrected chi connectivity index (χ3v) is 3.46. The van der Waals surface area contributed by atoms with Gasteiger partial charge in [-0.1, -0.05) is 19.1 Å². The number of ether oxygens (including phenoxy) is 2. The Morgan fingerprint density at radius 3 is 2.44 bits per heavy atom. The van der Waals surface area contributed by atoms with Crippen molar-refractivity contribution < 1.29 is 23.9 Å². The van der Waals surface area contributed by atoms with E-state index < -0.39 is 24.5 Å². The number of amides is 2. The lowest BCUT2D eigenvalue weighted by Gasteiger charge is -2.13. The Kier molecular flexibility index (Phi) is 9.06. The van der Waals surface area contributed by atoms with Gasteiger partial charge in [-0.25, -0.2) is 0 Å². The molecule has 7 nitrogen and oxygen atoms in total. The first-order valence-electron chi connectivity index (χ1n) is 8.31. The molecule has 1 aromatic rings. The van der Waals surface area contributed by atoms with Crippen LogP contribution in [-0.2, 0) is 25.5 Å². The molecule has 0 unspecified atom stereocenters. The van der Waals surface area contributed by atoms with Crippen LogP contribution in [0, 0.1) is 0 Å². The summed E-state index contributed by atoms with van der Waals surface area (Å²) >= 11 is 0. The first-order chi connectivity index (χ1) is 12.0. The first kappa shape index (κ1) is 20.5. The summed E-state index contributed by atoms with van der Waals surface area (Å²) in [5.41, 5.74) is 0.975. The molecule has 1 rings (SSSR count). The summed E-state index contributed by atoms with van der Waals surface area (Å²) in [6.07, 6.45) is 1.50. The Labute approximate surface area is 148 Å². The minimum absolute atomic E-state index is 0.173. The molecule has 0 aliphatic carbocycles. The van der Waals surface area contributed by atoms with Gasteiger partial charge in [-0.3, -0.25) is 14.4 Å². The topological polar surface area (TPSA) is 93.7 Å². The number of nitrogens with one attached hydrogen (secondary N) is 2. The summed E-state index contributed by atoms with van der Waals surface area (Å²) < 4.78 is 9.99. The smallest absolute Gasteiger partial charge is 0.306 e. The summed E-state index contributed by atoms with van der Waals surface area (Å²) in [6, 6.07) is 6.71. The lowest BCUT2D eigenvalue weighted by atomic mass is 10.1. The summed E-state index contributed by atoms with van der Waals surface area (Å²) in [7, 11) is 1.59. The molecule has 0 bridgehead atoms. The zero-order chi connectivity index (χ0) is 18.7. The van der Waals surface area contributed by atoms with E-state index in [9.17, 15) is 14.4 Å². The van der Waals surface area contributed by atoms with Gasteiger partial charge >= 0.3 is 5.97 Å². The largest absolute Gasteiger partial charge is 0.497 e. The number of esters is 1. The number of carbonyl (C=O) groups is 3. The van der Waals surface area contributed by atoms with Crippen LogP contribution < -0.4 is 15.4 Å². The predicted molar refractivity (Wildman–Crippen MR) is 93.2 cm³/mol. The van der Waals surface area contributed by atoms with Crippen LogP contribution in [0.5, 0.6) is 5.75 Å². The molecule has 0 heterocycles. The van der Waals surface area contributed by atoms with Crippen molar-refractivity contribution >= 4 is 17.8 Å². The molecule has 0 fully saturated rings. The molecular formula is C18H26N2O5. The van der Waals surface area contributed by atoms with Crippen LogP contribution in [0.15, 0.2) is 24.3 Å². The molecule has 2 amide bonds. The van der Waals surface area contributed by atoms with E-state index in [1.807, 2.05) is 31.2 Å². The second-order valence-corrected chi connectivity index (χ2v) is 5.59. The van der Waals surface area contributed by atoms with Crippen molar-refractivity contribution in [2.75, 3.05) is 20.3 Å². The maximum absolute atomic E-state index is 11.7. The quantitative estimate of drug-likeness (QED) is 0.619. The summed E-state index contributed by atoms with van der Waals surface area (Å²) in [5, 5.41) is 5.17. The number of aryl methyl sites for hydroxylation is 1. The molecule has 0 aliphatic rings. The molecule has 1 aromatic carbocycles. The van der Waals surface area contributed by atoms with Gasteiger partial charge in [-0.15, -0.1) is 0 Å². The fourth-order valence-electron chi connectivity index (χ4n) is 2.01. The molecule has 7 heteroatoms. The van der Waals surface area contributed by atoms with E-state index >= 15 is 0 Å². The van der Waals surface area contributed by atoms with Crippen molar-refractivity contribution in [1.29, 1.82) is 0 Å². The zero-order valence-corrected chi connectivity index (χ0v) is 15.0. The molecule has 0 aliphatic heterocycles. The van der Waals surface area contributed by atoms with Gasteiger partial charge < -0.3 is 20.1 Å². The zero-order valence-electron chi connectivity index (χ0n) is 15.0. The van der Waals surface area contributed by atoms with E-state index in [-0.39, 0.29) is 12.3 Å². The van der Waals surface area contributed by atoms with Crippen molar-refractivity contribution in [2.24, 2.45) is 0 Å². The minimum Gasteiger partial charge on any atom is -0.497 e. The fourth-order valence-corrected chi connectivity index (χ4v) is 2.01. The van der Waals surface area contributed by atoms with Crippen LogP contribution in [0.3, 0.4) is 0 Å². The molecule has 0 spiro atoms. The molecule has 1 atom stereocenters. The highest BCUT2D eigenvalue weighted by atomic mass is 16.5. The lowest BCUT2D eigenvalue weighted by molar-refractivity contribution is -0.148. The summed E-state index contributed by atoms with van der Waals surface area (Å²) in [4.78, 5) is 35.0. The number of carbonyl (C=O) groups excluding carboxylic acids is 3. The van der Waals surface area contributed by atoms with Crippen LogP contribution in [0.4, 0.5) is 0 Å². The molecule has 138 valence electrons. The van der Waals surface area contributed by atoms with Gasteiger partial charge in [0.15, 0.2) is 6.61 Å². The number of benzene rings is 1. The van der Waals surface area contributed by atoms with Crippen LogP contribution in [0.2, 0.25) is 0 Å². The summed E-state index contributed by atoms with van der Waals surface area (Å²) in [6.45, 7) is 3.68. The minimum atomic E-state index is -0.669. The number of methoxy groups -OCH3 is 1. The molecule has 0 radical (unpaired) electrons. The monoisotopic (exact) mass is 350 g/mol. The van der Waals surface area contributed by atoms with Gasteiger partial charge in [-0.2, -0.15) is 0 Å². The van der Waals surface area contributed by atoms with Gasteiger partial charge in [0.05, 0.1) is 7.11 Å². The van der Waals surface area contributed by atoms with E-state index in [2.05, 4.69) is 10.6 Å². The van der Waals surface area contributed by atoms with Crippen molar-refractivity contribution in [3.63, 3.8) is 0 Å². The molecule has 25 heavy (non-hydrogen) atoms. The van der Waals surface area contributed by atoms with Gasteiger partial charge in [-0.05, 0) is 37.5 Å². The molecule has 0 aromatic heterocycles. The standard InChI is InChI=1S/C18H26N2O5/c1-4-11-19-18(23)13(2)20-16(21)12-25-17(22)10-7-14-5-8-15(24-3)9-6-14/h5-6,8-9,13H,4,7,10-12H2,1-3H3,(H,19,23)(H,20,21)/t13-/m0/s1. The van der Waals surface area contributed by atoms with Crippen LogP contribution >= 0.6 is 0 Å². The van der Waals surface area contributed by atoms with Crippen molar-refractivity contribution in [3.8, 4) is 5.75 Å². The highest BCUT2D eigenvalue weighted by molar-refractivity contribution is 5.88. The number of rotatable bonds is 10. The van der Waals surface area contributed by atoms with E-state index in [1.54, 1.807) is 14.0 Å². The van der Waals surface area contributed by atoms with Crippen molar-refractivity contribution in [3.05, 3.63) is 29.8 Å². The van der Waals surface area contributed by atoms with E-state index in [1.165, 1.54) is 0 Å². The van der Waals surface area contributed by atoms with E-state index in [4.69, 9.17) is 9.47 Å². The molecule has 0 saturated heterocycles. The van der Waals surface area contributed by atoms with Crippen molar-refractivity contribution in [2.45, 2.75) is 39.2 Å². The van der Waals surface area contributed by atoms with Gasteiger partial charge in [0.1, 0.15) is 11.8 Å². The Morgan fingerprint density at radius 2 is 1.84 bits per heavy atom. The molecule has 0 saturated carbocycles. The second kappa shape index (κ2) is 11.1. The van der Waals surface area contributed by atoms with Crippen molar-refractivity contribution in [1.82, 2.24) is 10.6 Å². The van der Waals surface area contributed by atoms with Crippen LogP contribution in [0.25, 0.3) is 0 Å². The Bertz CT molecular complexity index is 571. The lowest BCUT2D eigenvalue weighted by Crippen LogP contribution is -2.46. The first-order valence-corrected chi connectivity index (χ1v) is 8.31. The van der Waals surface area contributed by atoms with Gasteiger partial charge in [0, 0.05) is 13.0 Å². The maximum atomic E-state index is 11.7. The van der Waals surface area contributed by atoms with E-state index in [0.29, 0.717) is 13.0 Å². The number of hydrogen-bond donors (Lipinski definition) is 2. The second-order valence-electron chi connectivity index (χ2n) is 5.59. The Morgan fingerprint density at radius 1 is 1.16 bits per heavy atom. The average Bonchev–Trinajstić information content (AvgIpc) is 2.62. The summed E-state index contributed by atoms with van der Waals surface area (Å²) in [5.74, 6) is -0.480. The van der Waals surface area contributed by atoms with E-state index in [0.717, 1.165) is 17.7 Å². The van der Waals surface area contributed by atoms with Gasteiger partial charge in [0.25, 0.3) is 5.91 Å². The number of hydrogen-bond acceptors (Lipinski definition) is 5.